The van der Waals surface area contributed by atoms with Crippen molar-refractivity contribution in [1.82, 2.24) is 5.32 Å². The maximum absolute atomic E-state index is 12.4. The van der Waals surface area contributed by atoms with Gasteiger partial charge in [-0.3, -0.25) is 0 Å². The second kappa shape index (κ2) is 6.88. The van der Waals surface area contributed by atoms with Gasteiger partial charge in [-0.05, 0) is 56.6 Å². The maximum atomic E-state index is 12.4. The smallest absolute Gasteiger partial charge is 0.375 e. The number of hydrogen-bond acceptors (Lipinski definition) is 3. The molecule has 20 heavy (non-hydrogen) atoms. The number of halogens is 3. The van der Waals surface area contributed by atoms with Crippen LogP contribution in [0, 0.1) is 5.92 Å². The van der Waals surface area contributed by atoms with Crippen molar-refractivity contribution in [3.8, 4) is 0 Å². The van der Waals surface area contributed by atoms with Crippen LogP contribution in [0.15, 0.2) is 0 Å². The largest absolute Gasteiger partial charge is 0.389 e. The van der Waals surface area contributed by atoms with Crippen LogP contribution >= 0.6 is 11.8 Å². The molecule has 2 unspecified atom stereocenters. The van der Waals surface area contributed by atoms with Crippen LogP contribution in [0.4, 0.5) is 13.2 Å². The Morgan fingerprint density at radius 3 is 2.65 bits per heavy atom. The van der Waals surface area contributed by atoms with E-state index in [4.69, 9.17) is 4.74 Å². The highest BCUT2D eigenvalue weighted by molar-refractivity contribution is 7.99. The summed E-state index contributed by atoms with van der Waals surface area (Å²) in [7, 11) is 1.78. The zero-order chi connectivity index (χ0) is 14.6. The van der Waals surface area contributed by atoms with Crippen LogP contribution in [0.1, 0.15) is 38.5 Å². The number of rotatable bonds is 4. The normalized spacial score (nSPS) is 28.5. The summed E-state index contributed by atoms with van der Waals surface area (Å²) in [6, 6.07) is -0.0491. The number of thioether (sulfide) groups is 1. The van der Waals surface area contributed by atoms with E-state index in [0.717, 1.165) is 37.2 Å². The minimum Gasteiger partial charge on any atom is -0.375 e. The van der Waals surface area contributed by atoms with Crippen molar-refractivity contribution < 1.29 is 17.9 Å². The minimum atomic E-state index is -4.06. The van der Waals surface area contributed by atoms with E-state index in [1.54, 1.807) is 7.05 Å². The molecule has 2 aliphatic heterocycles. The van der Waals surface area contributed by atoms with Gasteiger partial charge in [0.1, 0.15) is 0 Å². The van der Waals surface area contributed by atoms with E-state index in [2.05, 4.69) is 5.32 Å². The molecule has 118 valence electrons. The first kappa shape index (κ1) is 16.4. The Hall–Kier alpha value is 0.0600. The van der Waals surface area contributed by atoms with Gasteiger partial charge >= 0.3 is 6.18 Å². The van der Waals surface area contributed by atoms with Gasteiger partial charge in [-0.2, -0.15) is 24.9 Å². The summed E-state index contributed by atoms with van der Waals surface area (Å²) in [6.07, 6.45) is -0.698. The van der Waals surface area contributed by atoms with Gasteiger partial charge in [-0.1, -0.05) is 0 Å². The van der Waals surface area contributed by atoms with Crippen LogP contribution in [-0.2, 0) is 4.74 Å². The Morgan fingerprint density at radius 2 is 2.05 bits per heavy atom. The summed E-state index contributed by atoms with van der Waals surface area (Å²) in [6.45, 7) is 0.694. The molecule has 0 aromatic carbocycles. The van der Waals surface area contributed by atoms with Crippen LogP contribution in [0.25, 0.3) is 0 Å². The third-order valence-corrected chi connectivity index (χ3v) is 5.60. The standard InChI is InChI=1S/C14H24F3NOS/c1-18-12(2-4-14(15,16)17)11-3-7-19-13(10-11)5-8-20-9-6-13/h11-12,18H,2-10H2,1H3. The van der Waals surface area contributed by atoms with Crippen LogP contribution in [-0.4, -0.2) is 43.0 Å². The SMILES string of the molecule is CNC(CCC(F)(F)F)C1CCOC2(CCSCC2)C1. The zero-order valence-electron chi connectivity index (χ0n) is 12.0. The predicted octanol–water partition coefficient (Wildman–Crippen LogP) is 3.61. The van der Waals surface area contributed by atoms with Gasteiger partial charge in [-0.25, -0.2) is 0 Å². The average molecular weight is 311 g/mol. The summed E-state index contributed by atoms with van der Waals surface area (Å²) in [5, 5.41) is 3.11. The van der Waals surface area contributed by atoms with Crippen LogP contribution in [0.2, 0.25) is 0 Å². The highest BCUT2D eigenvalue weighted by Gasteiger charge is 2.41. The molecule has 0 saturated carbocycles. The van der Waals surface area contributed by atoms with E-state index < -0.39 is 12.6 Å². The Morgan fingerprint density at radius 1 is 1.35 bits per heavy atom. The fourth-order valence-electron chi connectivity index (χ4n) is 3.44. The predicted molar refractivity (Wildman–Crippen MR) is 76.1 cm³/mol. The molecule has 2 saturated heterocycles. The van der Waals surface area contributed by atoms with Crippen LogP contribution < -0.4 is 5.32 Å². The molecule has 2 nitrogen and oxygen atoms in total. The van der Waals surface area contributed by atoms with Crippen molar-refractivity contribution >= 4 is 11.8 Å². The monoisotopic (exact) mass is 311 g/mol. The Balaban J connectivity index is 1.92. The topological polar surface area (TPSA) is 21.3 Å². The minimum absolute atomic E-state index is 0.0491. The number of hydrogen-bond donors (Lipinski definition) is 1. The molecule has 0 aromatic heterocycles. The van der Waals surface area contributed by atoms with Gasteiger partial charge in [0, 0.05) is 19.1 Å². The van der Waals surface area contributed by atoms with Crippen molar-refractivity contribution in [3.63, 3.8) is 0 Å². The molecular formula is C14H24F3NOS. The Kier molecular flexibility index (Phi) is 5.65. The fourth-order valence-corrected chi connectivity index (χ4v) is 4.67. The lowest BCUT2D eigenvalue weighted by Crippen LogP contribution is -2.48. The third kappa shape index (κ3) is 4.53. The van der Waals surface area contributed by atoms with Gasteiger partial charge in [0.05, 0.1) is 5.60 Å². The lowest BCUT2D eigenvalue weighted by Gasteiger charge is -2.45. The number of ether oxygens (including phenoxy) is 1. The van der Waals surface area contributed by atoms with Crippen LogP contribution in [0.3, 0.4) is 0 Å². The fraction of sp³-hybridized carbons (Fsp3) is 1.00. The molecule has 2 heterocycles. The molecule has 6 heteroatoms. The van der Waals surface area contributed by atoms with Crippen molar-refractivity contribution in [2.45, 2.75) is 56.3 Å². The number of alkyl halides is 3. The lowest BCUT2D eigenvalue weighted by molar-refractivity contribution is -0.140. The van der Waals surface area contributed by atoms with Crippen LogP contribution in [0.5, 0.6) is 0 Å². The molecule has 2 rings (SSSR count). The van der Waals surface area contributed by atoms with E-state index in [1.165, 1.54) is 0 Å². The number of nitrogens with one attached hydrogen (secondary N) is 1. The summed E-state index contributed by atoms with van der Waals surface area (Å²) in [5.74, 6) is 2.53. The van der Waals surface area contributed by atoms with Gasteiger partial charge in [0.15, 0.2) is 0 Å². The average Bonchev–Trinajstić information content (AvgIpc) is 2.39. The summed E-state index contributed by atoms with van der Waals surface area (Å²) >= 11 is 1.95. The second-order valence-electron chi connectivity index (χ2n) is 5.95. The third-order valence-electron chi connectivity index (χ3n) is 4.61. The van der Waals surface area contributed by atoms with Gasteiger partial charge in [0.25, 0.3) is 0 Å². The van der Waals surface area contributed by atoms with Crippen molar-refractivity contribution in [3.05, 3.63) is 0 Å². The summed E-state index contributed by atoms with van der Waals surface area (Å²) in [4.78, 5) is 0. The molecule has 2 fully saturated rings. The van der Waals surface area contributed by atoms with E-state index in [0.29, 0.717) is 12.5 Å². The van der Waals surface area contributed by atoms with E-state index in [1.807, 2.05) is 11.8 Å². The first-order valence-corrected chi connectivity index (χ1v) is 8.55. The molecule has 0 aromatic rings. The van der Waals surface area contributed by atoms with Gasteiger partial charge < -0.3 is 10.1 Å². The quantitative estimate of drug-likeness (QED) is 0.857. The summed E-state index contributed by atoms with van der Waals surface area (Å²) < 4.78 is 43.3. The Labute approximate surface area is 123 Å². The molecule has 0 aliphatic carbocycles. The molecule has 1 spiro atoms. The first-order valence-electron chi connectivity index (χ1n) is 7.40. The zero-order valence-corrected chi connectivity index (χ0v) is 12.8. The van der Waals surface area contributed by atoms with Crippen molar-refractivity contribution in [2.75, 3.05) is 25.2 Å². The second-order valence-corrected chi connectivity index (χ2v) is 7.17. The lowest BCUT2D eigenvalue weighted by atomic mass is 9.77. The van der Waals surface area contributed by atoms with Crippen molar-refractivity contribution in [2.24, 2.45) is 5.92 Å². The van der Waals surface area contributed by atoms with E-state index in [9.17, 15) is 13.2 Å². The van der Waals surface area contributed by atoms with Gasteiger partial charge in [-0.15, -0.1) is 0 Å². The van der Waals surface area contributed by atoms with E-state index >= 15 is 0 Å². The highest BCUT2D eigenvalue weighted by atomic mass is 32.2. The van der Waals surface area contributed by atoms with E-state index in [-0.39, 0.29) is 18.1 Å². The highest BCUT2D eigenvalue weighted by Crippen LogP contribution is 2.41. The molecular weight excluding hydrogens is 287 g/mol. The van der Waals surface area contributed by atoms with Crippen molar-refractivity contribution in [1.29, 1.82) is 0 Å². The summed E-state index contributed by atoms with van der Waals surface area (Å²) in [5.41, 5.74) is -0.0541. The molecule has 0 bridgehead atoms. The first-order chi connectivity index (χ1) is 9.44. The molecule has 1 N–H and O–H groups in total. The van der Waals surface area contributed by atoms with Gasteiger partial charge in [0.2, 0.25) is 0 Å². The molecule has 0 radical (unpaired) electrons. The maximum Gasteiger partial charge on any atom is 0.389 e. The molecule has 0 amide bonds. The molecule has 2 atom stereocenters. The Bertz CT molecular complexity index is 300. The molecule has 2 aliphatic rings.